The molecule has 1 heterocycles. The zero-order chi connectivity index (χ0) is 29.3. The molecule has 1 aliphatic heterocycles. The zero-order valence-corrected chi connectivity index (χ0v) is 24.0. The molecule has 210 valence electrons. The predicted molar refractivity (Wildman–Crippen MR) is 167 cm³/mol. The fourth-order valence-corrected chi connectivity index (χ4v) is 5.62. The number of thioether (sulfide) groups is 1. The van der Waals surface area contributed by atoms with Crippen LogP contribution < -0.4 is 10.2 Å². The molecule has 1 aliphatic rings. The van der Waals surface area contributed by atoms with Crippen LogP contribution >= 0.6 is 11.8 Å². The van der Waals surface area contributed by atoms with Crippen molar-refractivity contribution in [1.29, 1.82) is 0 Å². The molecule has 0 aliphatic carbocycles. The third-order valence-electron chi connectivity index (χ3n) is 6.78. The predicted octanol–water partition coefficient (Wildman–Crippen LogP) is 5.99. The Labute approximate surface area is 250 Å². The van der Waals surface area contributed by atoms with E-state index in [4.69, 9.17) is 4.74 Å². The molecule has 1 N–H and O–H groups in total. The largest absolute Gasteiger partial charge is 0.464 e. The summed E-state index contributed by atoms with van der Waals surface area (Å²) in [4.78, 5) is 41.5. The lowest BCUT2D eigenvalue weighted by Crippen LogP contribution is -2.35. The molecule has 42 heavy (non-hydrogen) atoms. The van der Waals surface area contributed by atoms with Crippen molar-refractivity contribution in [3.05, 3.63) is 125 Å². The summed E-state index contributed by atoms with van der Waals surface area (Å²) in [6.45, 7) is 2.33. The minimum atomic E-state index is -0.699. The number of nitrogens with zero attached hydrogens (tertiary/aromatic N) is 1. The number of amides is 1. The first-order valence-electron chi connectivity index (χ1n) is 13.8. The molecular weight excluding hydrogens is 544 g/mol. The SMILES string of the molecule is CCOC(=O)[C@H](Cc1ccc(C#CCN2C(=O)CSc3ccccc32)cc1)Nc1ccccc1C(=O)c1ccccc1. The molecule has 0 radical (unpaired) electrons. The molecule has 0 fully saturated rings. The summed E-state index contributed by atoms with van der Waals surface area (Å²) < 4.78 is 5.36. The van der Waals surface area contributed by atoms with Crippen molar-refractivity contribution < 1.29 is 19.1 Å². The van der Waals surface area contributed by atoms with Crippen molar-refractivity contribution in [2.24, 2.45) is 0 Å². The number of para-hydroxylation sites is 2. The molecule has 6 nitrogen and oxygen atoms in total. The Balaban J connectivity index is 1.29. The molecule has 0 saturated carbocycles. The lowest BCUT2D eigenvalue weighted by atomic mass is 10.00. The number of benzene rings is 4. The molecule has 1 atom stereocenters. The summed E-state index contributed by atoms with van der Waals surface area (Å²) >= 11 is 1.55. The maximum absolute atomic E-state index is 13.2. The van der Waals surface area contributed by atoms with Crippen LogP contribution in [0.25, 0.3) is 0 Å². The quantitative estimate of drug-likeness (QED) is 0.150. The number of carbonyl (C=O) groups excluding carboxylic acids is 3. The summed E-state index contributed by atoms with van der Waals surface area (Å²) in [6.07, 6.45) is 0.358. The van der Waals surface area contributed by atoms with Gasteiger partial charge >= 0.3 is 5.97 Å². The van der Waals surface area contributed by atoms with Crippen LogP contribution in [0.4, 0.5) is 11.4 Å². The standard InChI is InChI=1S/C35H30N2O4S/c1-2-41-35(40)30(36-29-15-7-6-14-28(29)34(39)27-12-4-3-5-13-27)23-26-20-18-25(19-21-26)11-10-22-37-31-16-8-9-17-32(31)42-24-33(37)38/h3-9,12-21,30,36H,2,22-24H2,1H3/t30-/m0/s1. The van der Waals surface area contributed by atoms with Gasteiger partial charge in [-0.3, -0.25) is 14.5 Å². The third-order valence-corrected chi connectivity index (χ3v) is 7.83. The fourth-order valence-electron chi connectivity index (χ4n) is 4.68. The average Bonchev–Trinajstić information content (AvgIpc) is 3.03. The minimum Gasteiger partial charge on any atom is -0.464 e. The Kier molecular flexibility index (Phi) is 9.37. The van der Waals surface area contributed by atoms with Gasteiger partial charge in [0.1, 0.15) is 6.04 Å². The Hall–Kier alpha value is -4.80. The van der Waals surface area contributed by atoms with Crippen LogP contribution in [0.1, 0.15) is 34.0 Å². The second-order valence-electron chi connectivity index (χ2n) is 9.63. The normalized spacial score (nSPS) is 12.9. The summed E-state index contributed by atoms with van der Waals surface area (Å²) in [7, 11) is 0. The van der Waals surface area contributed by atoms with Crippen molar-refractivity contribution in [2.45, 2.75) is 24.3 Å². The average molecular weight is 575 g/mol. The topological polar surface area (TPSA) is 75.7 Å². The summed E-state index contributed by atoms with van der Waals surface area (Å²) in [6, 6.07) is 31.1. The van der Waals surface area contributed by atoms with Gasteiger partial charge in [-0.05, 0) is 48.9 Å². The molecule has 5 rings (SSSR count). The first-order chi connectivity index (χ1) is 20.5. The van der Waals surface area contributed by atoms with Gasteiger partial charge in [-0.15, -0.1) is 11.8 Å². The third kappa shape index (κ3) is 6.91. The van der Waals surface area contributed by atoms with Gasteiger partial charge in [-0.25, -0.2) is 4.79 Å². The first kappa shape index (κ1) is 28.7. The van der Waals surface area contributed by atoms with Gasteiger partial charge in [0, 0.05) is 33.7 Å². The molecule has 0 spiro atoms. The molecule has 0 aromatic heterocycles. The van der Waals surface area contributed by atoms with Gasteiger partial charge in [0.25, 0.3) is 0 Å². The van der Waals surface area contributed by atoms with Crippen molar-refractivity contribution in [2.75, 3.05) is 29.1 Å². The molecule has 4 aromatic rings. The molecule has 0 saturated heterocycles. The smallest absolute Gasteiger partial charge is 0.328 e. The second kappa shape index (κ2) is 13.7. The Bertz CT molecular complexity index is 1640. The lowest BCUT2D eigenvalue weighted by molar-refractivity contribution is -0.144. The Morgan fingerprint density at radius 2 is 1.64 bits per heavy atom. The molecule has 1 amide bonds. The van der Waals surface area contributed by atoms with Crippen LogP contribution in [0.5, 0.6) is 0 Å². The number of ether oxygens (including phenoxy) is 1. The van der Waals surface area contributed by atoms with Crippen LogP contribution in [0.3, 0.4) is 0 Å². The van der Waals surface area contributed by atoms with E-state index in [9.17, 15) is 14.4 Å². The molecule has 0 bridgehead atoms. The van der Waals surface area contributed by atoms with Gasteiger partial charge in [-0.1, -0.05) is 78.6 Å². The van der Waals surface area contributed by atoms with Gasteiger partial charge < -0.3 is 10.1 Å². The number of anilines is 2. The van der Waals surface area contributed by atoms with Crippen molar-refractivity contribution >= 4 is 40.8 Å². The highest BCUT2D eigenvalue weighted by atomic mass is 32.2. The molecular formula is C35H30N2O4S. The van der Waals surface area contributed by atoms with E-state index in [1.165, 1.54) is 0 Å². The highest BCUT2D eigenvalue weighted by Gasteiger charge is 2.24. The second-order valence-corrected chi connectivity index (χ2v) is 10.6. The van der Waals surface area contributed by atoms with Crippen LogP contribution in [0, 0.1) is 11.8 Å². The fraction of sp³-hybridized carbons (Fsp3) is 0.171. The van der Waals surface area contributed by atoms with Crippen molar-refractivity contribution in [3.63, 3.8) is 0 Å². The van der Waals surface area contributed by atoms with Gasteiger partial charge in [-0.2, -0.15) is 0 Å². The highest BCUT2D eigenvalue weighted by Crippen LogP contribution is 2.34. The first-order valence-corrected chi connectivity index (χ1v) is 14.7. The number of nitrogens with one attached hydrogen (secondary N) is 1. The van der Waals surface area contributed by atoms with Gasteiger partial charge in [0.15, 0.2) is 5.78 Å². The van der Waals surface area contributed by atoms with E-state index in [-0.39, 0.29) is 18.3 Å². The molecule has 4 aromatic carbocycles. The highest BCUT2D eigenvalue weighted by molar-refractivity contribution is 8.00. The summed E-state index contributed by atoms with van der Waals surface area (Å²) in [5.41, 5.74) is 4.24. The Morgan fingerprint density at radius 1 is 0.929 bits per heavy atom. The number of fused-ring (bicyclic) bond motifs is 1. The van der Waals surface area contributed by atoms with E-state index in [2.05, 4.69) is 17.2 Å². The maximum Gasteiger partial charge on any atom is 0.328 e. The zero-order valence-electron chi connectivity index (χ0n) is 23.2. The monoisotopic (exact) mass is 574 g/mol. The number of carbonyl (C=O) groups is 3. The van der Waals surface area contributed by atoms with Crippen LogP contribution in [-0.4, -0.2) is 42.6 Å². The minimum absolute atomic E-state index is 0.0490. The summed E-state index contributed by atoms with van der Waals surface area (Å²) in [5, 5.41) is 3.27. The molecule has 7 heteroatoms. The van der Waals surface area contributed by atoms with E-state index >= 15 is 0 Å². The van der Waals surface area contributed by atoms with E-state index < -0.39 is 12.0 Å². The van der Waals surface area contributed by atoms with E-state index in [1.54, 1.807) is 53.9 Å². The van der Waals surface area contributed by atoms with Gasteiger partial charge in [0.2, 0.25) is 5.91 Å². The number of ketones is 1. The number of hydrogen-bond acceptors (Lipinski definition) is 6. The van der Waals surface area contributed by atoms with E-state index in [0.29, 0.717) is 35.5 Å². The summed E-state index contributed by atoms with van der Waals surface area (Å²) in [5.74, 6) is 6.21. The van der Waals surface area contributed by atoms with Crippen molar-refractivity contribution in [1.82, 2.24) is 0 Å². The van der Waals surface area contributed by atoms with Gasteiger partial charge in [0.05, 0.1) is 24.6 Å². The number of esters is 1. The van der Waals surface area contributed by atoms with Crippen LogP contribution in [0.15, 0.2) is 108 Å². The van der Waals surface area contributed by atoms with E-state index in [0.717, 1.165) is 21.7 Å². The maximum atomic E-state index is 13.2. The molecule has 0 unspecified atom stereocenters. The Morgan fingerprint density at radius 3 is 2.43 bits per heavy atom. The lowest BCUT2D eigenvalue weighted by Gasteiger charge is -2.27. The van der Waals surface area contributed by atoms with E-state index in [1.807, 2.05) is 72.8 Å². The van der Waals surface area contributed by atoms with Crippen LogP contribution in [-0.2, 0) is 20.7 Å². The van der Waals surface area contributed by atoms with Crippen molar-refractivity contribution in [3.8, 4) is 11.8 Å². The van der Waals surface area contributed by atoms with Crippen LogP contribution in [0.2, 0.25) is 0 Å². The number of hydrogen-bond donors (Lipinski definition) is 1. The number of rotatable bonds is 9.